The molecule has 1 aromatic carbocycles. The summed E-state index contributed by atoms with van der Waals surface area (Å²) in [6, 6.07) is 9.96. The van der Waals surface area contributed by atoms with Gasteiger partial charge in [0.1, 0.15) is 5.57 Å². The lowest BCUT2D eigenvalue weighted by Gasteiger charge is -2.22. The fraction of sp³-hybridized carbons (Fsp3) is 0.200. The molecule has 0 unspecified atom stereocenters. The van der Waals surface area contributed by atoms with Crippen molar-refractivity contribution in [3.8, 4) is 0 Å². The lowest BCUT2D eigenvalue weighted by molar-refractivity contribution is -0.137. The molecular weight excluding hydrogens is 334 g/mol. The van der Waals surface area contributed by atoms with Gasteiger partial charge in [0.05, 0.1) is 12.8 Å². The lowest BCUT2D eigenvalue weighted by Crippen LogP contribution is -2.18. The van der Waals surface area contributed by atoms with Crippen molar-refractivity contribution >= 4 is 34.9 Å². The summed E-state index contributed by atoms with van der Waals surface area (Å²) in [5, 5.41) is 1.95. The molecule has 0 saturated heterocycles. The zero-order valence-electron chi connectivity index (χ0n) is 14.6. The second-order valence-electron chi connectivity index (χ2n) is 6.01. The number of aryl methyl sites for hydroxylation is 2. The van der Waals surface area contributed by atoms with E-state index in [9.17, 15) is 9.59 Å². The van der Waals surface area contributed by atoms with Crippen LogP contribution in [-0.4, -0.2) is 18.9 Å². The fourth-order valence-electron chi connectivity index (χ4n) is 3.08. The Morgan fingerprint density at radius 3 is 2.40 bits per heavy atom. The number of methoxy groups -OCH3 is 1. The summed E-state index contributed by atoms with van der Waals surface area (Å²) in [6.45, 7) is 5.80. The Labute approximate surface area is 151 Å². The predicted molar refractivity (Wildman–Crippen MR) is 100 cm³/mol. The quantitative estimate of drug-likeness (QED) is 0.470. The first kappa shape index (κ1) is 17.2. The van der Waals surface area contributed by atoms with Crippen LogP contribution < -0.4 is 4.90 Å². The number of thiophene rings is 1. The molecule has 0 radical (unpaired) electrons. The van der Waals surface area contributed by atoms with Gasteiger partial charge in [0.25, 0.3) is 0 Å². The van der Waals surface area contributed by atoms with Gasteiger partial charge in [0.2, 0.25) is 5.78 Å². The van der Waals surface area contributed by atoms with Gasteiger partial charge in [-0.2, -0.15) is 0 Å². The molecule has 0 atom stereocenters. The highest BCUT2D eigenvalue weighted by molar-refractivity contribution is 7.10. The van der Waals surface area contributed by atoms with Crippen LogP contribution in [0.15, 0.2) is 52.7 Å². The molecule has 0 saturated carbocycles. The second-order valence-corrected chi connectivity index (χ2v) is 6.99. The molecule has 0 fully saturated rings. The third kappa shape index (κ3) is 3.15. The molecule has 25 heavy (non-hydrogen) atoms. The van der Waals surface area contributed by atoms with Gasteiger partial charge in [0.15, 0.2) is 0 Å². The van der Waals surface area contributed by atoms with E-state index in [1.165, 1.54) is 7.11 Å². The Bertz CT molecular complexity index is 887. The van der Waals surface area contributed by atoms with E-state index in [0.29, 0.717) is 11.4 Å². The van der Waals surface area contributed by atoms with Crippen molar-refractivity contribution in [1.29, 1.82) is 0 Å². The van der Waals surface area contributed by atoms with Crippen molar-refractivity contribution in [2.75, 3.05) is 12.0 Å². The highest BCUT2D eigenvalue weighted by atomic mass is 32.1. The van der Waals surface area contributed by atoms with Crippen molar-refractivity contribution < 1.29 is 14.3 Å². The molecule has 2 aromatic rings. The molecule has 5 heteroatoms. The molecule has 1 aliphatic heterocycles. The van der Waals surface area contributed by atoms with Crippen LogP contribution in [-0.2, 0) is 14.3 Å². The van der Waals surface area contributed by atoms with Crippen molar-refractivity contribution in [3.05, 3.63) is 68.7 Å². The Kier molecular flexibility index (Phi) is 4.59. The molecular formula is C20H19NO3S. The molecule has 128 valence electrons. The summed E-state index contributed by atoms with van der Waals surface area (Å²) < 4.78 is 4.82. The number of nitrogens with zero attached hydrogens (tertiary/aromatic N) is 1. The molecule has 1 aromatic heterocycles. The Morgan fingerprint density at radius 1 is 1.16 bits per heavy atom. The standard InChI is InChI=1S/C20H19NO3S/c1-12-8-13(2)10-15(9-12)21-14(3)18(20(23)24-4)19(22)17(21)11-16-6-5-7-25-16/h5-11H,1-4H3. The Morgan fingerprint density at radius 2 is 1.84 bits per heavy atom. The second kappa shape index (κ2) is 6.69. The summed E-state index contributed by atoms with van der Waals surface area (Å²) >= 11 is 1.54. The molecule has 0 bridgehead atoms. The number of anilines is 1. The Hall–Kier alpha value is -2.66. The van der Waals surface area contributed by atoms with E-state index in [4.69, 9.17) is 4.74 Å². The smallest absolute Gasteiger partial charge is 0.343 e. The maximum atomic E-state index is 12.9. The first-order chi connectivity index (χ1) is 11.9. The molecule has 1 aliphatic rings. The van der Waals surface area contributed by atoms with Gasteiger partial charge >= 0.3 is 5.97 Å². The molecule has 0 spiro atoms. The minimum Gasteiger partial charge on any atom is -0.465 e. The number of carbonyl (C=O) groups is 2. The van der Waals surface area contributed by atoms with Crippen LogP contribution in [0.1, 0.15) is 22.9 Å². The SMILES string of the molecule is COC(=O)C1=C(C)N(c2cc(C)cc(C)c2)C(=Cc2cccs2)C1=O. The van der Waals surface area contributed by atoms with Gasteiger partial charge in [-0.1, -0.05) is 12.1 Å². The molecule has 0 amide bonds. The number of rotatable bonds is 3. The van der Waals surface area contributed by atoms with Crippen LogP contribution in [0.3, 0.4) is 0 Å². The zero-order valence-corrected chi connectivity index (χ0v) is 15.4. The Balaban J connectivity index is 2.20. The van der Waals surface area contributed by atoms with Gasteiger partial charge < -0.3 is 9.64 Å². The molecule has 2 heterocycles. The monoisotopic (exact) mass is 353 g/mol. The third-order valence-electron chi connectivity index (χ3n) is 4.07. The van der Waals surface area contributed by atoms with E-state index in [0.717, 1.165) is 21.7 Å². The maximum absolute atomic E-state index is 12.9. The van der Waals surface area contributed by atoms with E-state index in [1.54, 1.807) is 18.3 Å². The first-order valence-corrected chi connectivity index (χ1v) is 8.78. The van der Waals surface area contributed by atoms with E-state index < -0.39 is 5.97 Å². The minimum atomic E-state index is -0.605. The van der Waals surface area contributed by atoms with Crippen molar-refractivity contribution in [3.63, 3.8) is 0 Å². The highest BCUT2D eigenvalue weighted by Crippen LogP contribution is 2.36. The van der Waals surface area contributed by atoms with Crippen LogP contribution >= 0.6 is 11.3 Å². The third-order valence-corrected chi connectivity index (χ3v) is 4.89. The number of ketones is 1. The van der Waals surface area contributed by atoms with Crippen LogP contribution in [0, 0.1) is 13.8 Å². The van der Waals surface area contributed by atoms with Crippen molar-refractivity contribution in [1.82, 2.24) is 0 Å². The van der Waals surface area contributed by atoms with E-state index >= 15 is 0 Å². The van der Waals surface area contributed by atoms with Crippen molar-refractivity contribution in [2.45, 2.75) is 20.8 Å². The van der Waals surface area contributed by atoms with Crippen LogP contribution in [0.4, 0.5) is 5.69 Å². The number of hydrogen-bond donors (Lipinski definition) is 0. The molecule has 3 rings (SSSR count). The summed E-state index contributed by atoms with van der Waals surface area (Å²) in [4.78, 5) is 27.9. The van der Waals surface area contributed by atoms with E-state index in [1.807, 2.05) is 54.5 Å². The fourth-order valence-corrected chi connectivity index (χ4v) is 3.73. The number of benzene rings is 1. The van der Waals surface area contributed by atoms with Crippen molar-refractivity contribution in [2.24, 2.45) is 0 Å². The number of allylic oxidation sites excluding steroid dienone is 2. The van der Waals surface area contributed by atoms with Gasteiger partial charge in [-0.3, -0.25) is 4.79 Å². The predicted octanol–water partition coefficient (Wildman–Crippen LogP) is 4.24. The average molecular weight is 353 g/mol. The average Bonchev–Trinajstić information content (AvgIpc) is 3.13. The lowest BCUT2D eigenvalue weighted by atomic mass is 10.1. The van der Waals surface area contributed by atoms with Gasteiger partial charge in [-0.05, 0) is 61.6 Å². The minimum absolute atomic E-state index is 0.0875. The summed E-state index contributed by atoms with van der Waals surface area (Å²) in [5.41, 5.74) is 4.19. The van der Waals surface area contributed by atoms with Gasteiger partial charge in [-0.15, -0.1) is 11.3 Å². The number of carbonyl (C=O) groups excluding carboxylic acids is 2. The number of esters is 1. The highest BCUT2D eigenvalue weighted by Gasteiger charge is 2.38. The maximum Gasteiger partial charge on any atom is 0.343 e. The van der Waals surface area contributed by atoms with Crippen LogP contribution in [0.2, 0.25) is 0 Å². The molecule has 4 nitrogen and oxygen atoms in total. The van der Waals surface area contributed by atoms with Gasteiger partial charge in [-0.25, -0.2) is 4.79 Å². The first-order valence-electron chi connectivity index (χ1n) is 7.90. The number of ether oxygens (including phenoxy) is 1. The number of Topliss-reactive ketones (excluding diaryl/α,β-unsaturated/α-hetero) is 1. The molecule has 0 N–H and O–H groups in total. The summed E-state index contributed by atoms with van der Waals surface area (Å²) in [6.07, 6.45) is 1.82. The van der Waals surface area contributed by atoms with E-state index in [2.05, 4.69) is 6.07 Å². The van der Waals surface area contributed by atoms with Gasteiger partial charge in [0, 0.05) is 16.3 Å². The zero-order chi connectivity index (χ0) is 18.1. The number of hydrogen-bond acceptors (Lipinski definition) is 5. The largest absolute Gasteiger partial charge is 0.465 e. The summed E-state index contributed by atoms with van der Waals surface area (Å²) in [7, 11) is 1.29. The summed E-state index contributed by atoms with van der Waals surface area (Å²) in [5.74, 6) is -0.914. The van der Waals surface area contributed by atoms with Crippen LogP contribution in [0.5, 0.6) is 0 Å². The normalized spacial score (nSPS) is 16.1. The van der Waals surface area contributed by atoms with E-state index in [-0.39, 0.29) is 11.4 Å². The topological polar surface area (TPSA) is 46.6 Å². The molecule has 0 aliphatic carbocycles. The van der Waals surface area contributed by atoms with Crippen LogP contribution in [0.25, 0.3) is 6.08 Å².